The van der Waals surface area contributed by atoms with E-state index in [0.29, 0.717) is 32.6 Å². The molecule has 0 spiro atoms. The van der Waals surface area contributed by atoms with E-state index in [4.69, 9.17) is 0 Å². The number of alkyl halides is 2. The molecule has 5 aliphatic heterocycles. The molecule has 5 N–H and O–H groups in total. The fraction of sp³-hybridized carbons (Fsp3) is 0.679. The van der Waals surface area contributed by atoms with Crippen LogP contribution in [0.1, 0.15) is 51.9 Å². The Morgan fingerprint density at radius 2 is 1.82 bits per heavy atom. The minimum absolute atomic E-state index is 0.0287. The zero-order chi connectivity index (χ0) is 27.2. The number of fused-ring (bicyclic) bond motifs is 6. The summed E-state index contributed by atoms with van der Waals surface area (Å²) in [6.07, 6.45) is 7.67. The van der Waals surface area contributed by atoms with Gasteiger partial charge in [-0.2, -0.15) is 5.01 Å². The summed E-state index contributed by atoms with van der Waals surface area (Å²) in [4.78, 5) is 15.5. The first kappa shape index (κ1) is 26.9. The maximum Gasteiger partial charge on any atom is 0.251 e. The molecular weight excluding hydrogens is 504 g/mol. The number of benzene rings is 1. The highest BCUT2D eigenvalue weighted by Crippen LogP contribution is 2.35. The third kappa shape index (κ3) is 5.52. The molecule has 39 heavy (non-hydrogen) atoms. The number of carbonyl (C=O) groups excluding carboxylic acids is 1. The molecule has 0 aromatic heterocycles. The van der Waals surface area contributed by atoms with E-state index >= 15 is 0 Å². The van der Waals surface area contributed by atoms with Crippen LogP contribution < -0.4 is 26.2 Å². The van der Waals surface area contributed by atoms with Gasteiger partial charge in [0.05, 0.1) is 30.4 Å². The largest absolute Gasteiger partial charge is 0.389 e. The van der Waals surface area contributed by atoms with E-state index in [1.165, 1.54) is 0 Å². The van der Waals surface area contributed by atoms with Crippen LogP contribution in [0.4, 0.5) is 20.2 Å². The van der Waals surface area contributed by atoms with Crippen molar-refractivity contribution < 1.29 is 18.7 Å². The van der Waals surface area contributed by atoms with Gasteiger partial charge in [0.25, 0.3) is 5.92 Å². The number of hydrazine groups is 1. The lowest BCUT2D eigenvalue weighted by molar-refractivity contribution is -0.146. The lowest BCUT2D eigenvalue weighted by atomic mass is 9.85. The highest BCUT2D eigenvalue weighted by atomic mass is 19.3. The molecule has 1 aromatic rings. The molecule has 11 heteroatoms. The van der Waals surface area contributed by atoms with Gasteiger partial charge in [0.15, 0.2) is 0 Å². The second kappa shape index (κ2) is 10.6. The molecule has 1 aromatic carbocycles. The number of halogens is 2. The SMILES string of the molecule is C[C@]1(O)CC/C=C\CN2C(=O)C3CNC(Nc4ccc(N5CCC(F)(F)CC5)cc4)NC3N2C2CCCC1N2. The molecule has 0 aliphatic carbocycles. The molecule has 4 saturated heterocycles. The van der Waals surface area contributed by atoms with E-state index in [1.54, 1.807) is 0 Å². The lowest BCUT2D eigenvalue weighted by Gasteiger charge is -2.47. The first-order valence-corrected chi connectivity index (χ1v) is 14.4. The number of hydrogen-bond donors (Lipinski definition) is 5. The average molecular weight is 546 g/mol. The van der Waals surface area contributed by atoms with Gasteiger partial charge in [-0.15, -0.1) is 0 Å². The topological polar surface area (TPSA) is 95.1 Å². The molecule has 9 nitrogen and oxygen atoms in total. The van der Waals surface area contributed by atoms with Crippen LogP contribution in [0.3, 0.4) is 0 Å². The quantitative estimate of drug-likeness (QED) is 0.370. The summed E-state index contributed by atoms with van der Waals surface area (Å²) in [7, 11) is 0. The second-order valence-electron chi connectivity index (χ2n) is 11.9. The van der Waals surface area contributed by atoms with Crippen LogP contribution in [0, 0.1) is 5.92 Å². The Morgan fingerprint density at radius 3 is 2.59 bits per heavy atom. The Labute approximate surface area is 228 Å². The van der Waals surface area contributed by atoms with Crippen LogP contribution in [0.5, 0.6) is 0 Å². The number of carbonyl (C=O) groups is 1. The minimum atomic E-state index is -2.56. The molecular formula is C28H41F2N7O2. The maximum atomic E-state index is 13.5. The van der Waals surface area contributed by atoms with Crippen LogP contribution in [0.25, 0.3) is 0 Å². The van der Waals surface area contributed by atoms with Gasteiger partial charge in [-0.05, 0) is 63.3 Å². The fourth-order valence-corrected chi connectivity index (χ4v) is 6.76. The minimum Gasteiger partial charge on any atom is -0.389 e. The van der Waals surface area contributed by atoms with E-state index in [0.717, 1.165) is 37.1 Å². The average Bonchev–Trinajstić information content (AvgIpc) is 3.19. The molecule has 6 rings (SSSR count). The Balaban J connectivity index is 1.15. The summed E-state index contributed by atoms with van der Waals surface area (Å²) in [6, 6.07) is 7.85. The highest BCUT2D eigenvalue weighted by Gasteiger charge is 2.52. The van der Waals surface area contributed by atoms with E-state index in [1.807, 2.05) is 47.2 Å². The summed E-state index contributed by atoms with van der Waals surface area (Å²) in [5, 5.41) is 29.5. The predicted molar refractivity (Wildman–Crippen MR) is 146 cm³/mol. The van der Waals surface area contributed by atoms with Crippen molar-refractivity contribution in [3.8, 4) is 0 Å². The number of piperidine rings is 2. The van der Waals surface area contributed by atoms with Gasteiger partial charge in [-0.1, -0.05) is 12.2 Å². The van der Waals surface area contributed by atoms with Crippen LogP contribution in [-0.2, 0) is 4.79 Å². The smallest absolute Gasteiger partial charge is 0.251 e. The van der Waals surface area contributed by atoms with Crippen molar-refractivity contribution in [2.24, 2.45) is 5.92 Å². The number of aliphatic hydroxyl groups is 1. The van der Waals surface area contributed by atoms with Crippen LogP contribution >= 0.6 is 0 Å². The van der Waals surface area contributed by atoms with Crippen molar-refractivity contribution in [2.45, 2.75) is 88.1 Å². The third-order valence-corrected chi connectivity index (χ3v) is 9.13. The first-order chi connectivity index (χ1) is 18.7. The Kier molecular flexibility index (Phi) is 7.30. The van der Waals surface area contributed by atoms with E-state index < -0.39 is 11.5 Å². The number of nitrogens with zero attached hydrogens (tertiary/aromatic N) is 3. The summed E-state index contributed by atoms with van der Waals surface area (Å²) in [5.74, 6) is -2.67. The summed E-state index contributed by atoms with van der Waals surface area (Å²) in [5.41, 5.74) is 1.04. The van der Waals surface area contributed by atoms with Gasteiger partial charge in [-0.25, -0.2) is 8.78 Å². The molecule has 0 saturated carbocycles. The van der Waals surface area contributed by atoms with Crippen LogP contribution in [0.2, 0.25) is 0 Å². The van der Waals surface area contributed by atoms with Crippen molar-refractivity contribution in [1.82, 2.24) is 26.0 Å². The lowest BCUT2D eigenvalue weighted by Crippen LogP contribution is -2.69. The molecule has 0 radical (unpaired) electrons. The number of rotatable bonds is 3. The number of allylic oxidation sites excluding steroid dienone is 1. The zero-order valence-corrected chi connectivity index (χ0v) is 22.6. The standard InChI is InChI=1S/C28H41F2N7O2/c1-27(39)12-3-2-4-15-36-25(38)21-18-31-26(34-24(21)37(36)23-7-5-6-22(27)33-23)32-19-8-10-20(11-9-19)35-16-13-28(29,30)14-17-35/h2,4,8-11,21-24,26,31-34,39H,3,5-7,12-18H2,1H3/b4-2-/t21?,22?,23?,24?,26?,27-/m0/s1. The molecule has 2 bridgehead atoms. The van der Waals surface area contributed by atoms with Crippen molar-refractivity contribution in [2.75, 3.05) is 36.4 Å². The van der Waals surface area contributed by atoms with Crippen LogP contribution in [0.15, 0.2) is 36.4 Å². The number of anilines is 2. The van der Waals surface area contributed by atoms with Gasteiger partial charge >= 0.3 is 0 Å². The van der Waals surface area contributed by atoms with Gasteiger partial charge in [0.1, 0.15) is 6.29 Å². The molecule has 6 atom stereocenters. The molecule has 4 fully saturated rings. The monoisotopic (exact) mass is 545 g/mol. The Bertz CT molecular complexity index is 1060. The number of nitrogens with one attached hydrogen (secondary N) is 4. The van der Waals surface area contributed by atoms with E-state index in [-0.39, 0.29) is 49.3 Å². The predicted octanol–water partition coefficient (Wildman–Crippen LogP) is 2.38. The first-order valence-electron chi connectivity index (χ1n) is 14.4. The van der Waals surface area contributed by atoms with E-state index in [2.05, 4.69) is 32.4 Å². The van der Waals surface area contributed by atoms with Gasteiger partial charge < -0.3 is 15.3 Å². The number of amides is 1. The molecule has 1 amide bonds. The second-order valence-corrected chi connectivity index (χ2v) is 11.9. The van der Waals surface area contributed by atoms with Crippen molar-refractivity contribution in [3.05, 3.63) is 36.4 Å². The van der Waals surface area contributed by atoms with Crippen molar-refractivity contribution >= 4 is 17.3 Å². The van der Waals surface area contributed by atoms with Crippen LogP contribution in [-0.4, -0.2) is 83.4 Å². The molecule has 214 valence electrons. The molecule has 5 heterocycles. The van der Waals surface area contributed by atoms with Crippen molar-refractivity contribution in [3.63, 3.8) is 0 Å². The number of hydrogen-bond acceptors (Lipinski definition) is 8. The van der Waals surface area contributed by atoms with Gasteiger partial charge in [0, 0.05) is 49.9 Å². The van der Waals surface area contributed by atoms with Crippen molar-refractivity contribution in [1.29, 1.82) is 0 Å². The third-order valence-electron chi connectivity index (χ3n) is 9.13. The maximum absolute atomic E-state index is 13.5. The Morgan fingerprint density at radius 1 is 1.05 bits per heavy atom. The van der Waals surface area contributed by atoms with Gasteiger partial charge in [0.2, 0.25) is 5.91 Å². The van der Waals surface area contributed by atoms with E-state index in [9.17, 15) is 18.7 Å². The molecule has 5 unspecified atom stereocenters. The highest BCUT2D eigenvalue weighted by molar-refractivity contribution is 5.82. The molecule has 5 aliphatic rings. The fourth-order valence-electron chi connectivity index (χ4n) is 6.76. The van der Waals surface area contributed by atoms with Gasteiger partial charge in [-0.3, -0.25) is 25.8 Å². The summed E-state index contributed by atoms with van der Waals surface area (Å²) >= 11 is 0. The zero-order valence-electron chi connectivity index (χ0n) is 22.6. The Hall–Kier alpha value is -2.31. The summed E-state index contributed by atoms with van der Waals surface area (Å²) in [6.45, 7) is 3.69. The summed E-state index contributed by atoms with van der Waals surface area (Å²) < 4.78 is 27.1. The normalized spacial score (nSPS) is 37.9.